The molecule has 0 atom stereocenters. The maximum absolute atomic E-state index is 11.6. The average molecular weight is 275 g/mol. The van der Waals surface area contributed by atoms with Crippen LogP contribution >= 0.6 is 23.2 Å². The van der Waals surface area contributed by atoms with Crippen LogP contribution in [-0.2, 0) is 21.8 Å². The molecule has 0 aliphatic heterocycles. The van der Waals surface area contributed by atoms with Crippen LogP contribution in [0.3, 0.4) is 0 Å². The largest absolute Gasteiger partial charge is 0.465 e. The van der Waals surface area contributed by atoms with Crippen molar-refractivity contribution in [2.24, 2.45) is 0 Å². The summed E-state index contributed by atoms with van der Waals surface area (Å²) >= 11 is 11.2. The third-order valence-electron chi connectivity index (χ3n) is 2.35. The molecule has 0 radical (unpaired) electrons. The van der Waals surface area contributed by atoms with Crippen LogP contribution in [0.1, 0.15) is 21.5 Å². The van der Waals surface area contributed by atoms with Crippen molar-refractivity contribution in [3.8, 4) is 0 Å². The van der Waals surface area contributed by atoms with Gasteiger partial charge in [-0.15, -0.1) is 23.2 Å². The van der Waals surface area contributed by atoms with E-state index in [0.29, 0.717) is 11.1 Å². The fourth-order valence-electron chi connectivity index (χ4n) is 1.51. The minimum Gasteiger partial charge on any atom is -0.465 e. The number of carbonyl (C=O) groups is 2. The van der Waals surface area contributed by atoms with Gasteiger partial charge in [0.15, 0.2) is 5.78 Å². The highest BCUT2D eigenvalue weighted by Gasteiger charge is 2.17. The third kappa shape index (κ3) is 3.45. The molecule has 0 aliphatic carbocycles. The molecule has 3 nitrogen and oxygen atoms in total. The number of halogens is 2. The molecule has 0 amide bonds. The van der Waals surface area contributed by atoms with Crippen molar-refractivity contribution in [3.63, 3.8) is 0 Å². The lowest BCUT2D eigenvalue weighted by Crippen LogP contribution is -2.13. The molecule has 92 valence electrons. The molecule has 5 heteroatoms. The average Bonchev–Trinajstić information content (AvgIpc) is 2.37. The number of alkyl halides is 2. The fraction of sp³-hybridized carbons (Fsp3) is 0.333. The zero-order chi connectivity index (χ0) is 12.8. The minimum atomic E-state index is -0.477. The van der Waals surface area contributed by atoms with Crippen LogP contribution < -0.4 is 0 Å². The number of esters is 1. The summed E-state index contributed by atoms with van der Waals surface area (Å²) in [4.78, 5) is 22.9. The Kier molecular flexibility index (Phi) is 5.45. The first-order valence-electron chi connectivity index (χ1n) is 4.96. The molecule has 0 saturated carbocycles. The van der Waals surface area contributed by atoms with Gasteiger partial charge in [-0.3, -0.25) is 4.79 Å². The maximum atomic E-state index is 11.6. The van der Waals surface area contributed by atoms with Gasteiger partial charge in [-0.05, 0) is 17.2 Å². The summed E-state index contributed by atoms with van der Waals surface area (Å²) in [6.07, 6.45) is 0.0941. The third-order valence-corrected chi connectivity index (χ3v) is 2.93. The summed E-state index contributed by atoms with van der Waals surface area (Å²) in [6.45, 7) is 0. The smallest absolute Gasteiger partial charge is 0.338 e. The highest BCUT2D eigenvalue weighted by Crippen LogP contribution is 2.19. The number of ketones is 1. The topological polar surface area (TPSA) is 43.4 Å². The van der Waals surface area contributed by atoms with E-state index in [1.807, 2.05) is 0 Å². The number of benzene rings is 1. The Hall–Kier alpha value is -1.06. The molecule has 0 spiro atoms. The first-order valence-corrected chi connectivity index (χ1v) is 6.03. The monoisotopic (exact) mass is 274 g/mol. The number of hydrogen-bond donors (Lipinski definition) is 0. The normalized spacial score (nSPS) is 10.1. The second-order valence-electron chi connectivity index (χ2n) is 3.42. The number of Topliss-reactive ketones (excluding diaryl/α,β-unsaturated/α-hetero) is 1. The van der Waals surface area contributed by atoms with Gasteiger partial charge >= 0.3 is 5.97 Å². The molecule has 0 unspecified atom stereocenters. The summed E-state index contributed by atoms with van der Waals surface area (Å²) in [6, 6.07) is 5.09. The second-order valence-corrected chi connectivity index (χ2v) is 3.95. The minimum absolute atomic E-state index is 0.0861. The van der Waals surface area contributed by atoms with Crippen molar-refractivity contribution < 1.29 is 14.3 Å². The van der Waals surface area contributed by atoms with Crippen molar-refractivity contribution in [2.75, 3.05) is 13.0 Å². The van der Waals surface area contributed by atoms with E-state index in [9.17, 15) is 9.59 Å². The van der Waals surface area contributed by atoms with Crippen LogP contribution in [0.4, 0.5) is 0 Å². The molecule has 0 aromatic heterocycles. The van der Waals surface area contributed by atoms with Gasteiger partial charge in [0.1, 0.15) is 0 Å². The van der Waals surface area contributed by atoms with Crippen molar-refractivity contribution in [3.05, 3.63) is 34.9 Å². The van der Waals surface area contributed by atoms with Gasteiger partial charge in [0, 0.05) is 12.3 Å². The number of hydrogen-bond acceptors (Lipinski definition) is 3. The SMILES string of the molecule is COC(=O)c1cccc(CCl)c1CC(=O)CCl. The predicted octanol–water partition coefficient (Wildman–Crippen LogP) is 2.56. The van der Waals surface area contributed by atoms with E-state index in [1.165, 1.54) is 7.11 Å². The Morgan fingerprint density at radius 2 is 2.00 bits per heavy atom. The quantitative estimate of drug-likeness (QED) is 0.612. The highest BCUT2D eigenvalue weighted by molar-refractivity contribution is 6.27. The van der Waals surface area contributed by atoms with Gasteiger partial charge in [0.2, 0.25) is 0 Å². The Balaban J connectivity index is 3.20. The summed E-state index contributed by atoms with van der Waals surface area (Å²) in [7, 11) is 1.29. The van der Waals surface area contributed by atoms with E-state index in [-0.39, 0.29) is 24.0 Å². The van der Waals surface area contributed by atoms with E-state index < -0.39 is 5.97 Å². The molecule has 0 heterocycles. The molecular weight excluding hydrogens is 263 g/mol. The van der Waals surface area contributed by atoms with Crippen molar-refractivity contribution in [1.29, 1.82) is 0 Å². The molecule has 0 bridgehead atoms. The first-order chi connectivity index (χ1) is 8.13. The number of methoxy groups -OCH3 is 1. The summed E-state index contributed by atoms with van der Waals surface area (Å²) < 4.78 is 4.67. The first kappa shape index (κ1) is 14.0. The van der Waals surface area contributed by atoms with Gasteiger partial charge in [-0.1, -0.05) is 12.1 Å². The Morgan fingerprint density at radius 1 is 1.29 bits per heavy atom. The molecule has 0 saturated heterocycles. The zero-order valence-corrected chi connectivity index (χ0v) is 10.8. The van der Waals surface area contributed by atoms with E-state index in [0.717, 1.165) is 5.56 Å². The van der Waals surface area contributed by atoms with Gasteiger partial charge in [-0.2, -0.15) is 0 Å². The molecule has 0 fully saturated rings. The van der Waals surface area contributed by atoms with E-state index in [4.69, 9.17) is 23.2 Å². The molecule has 1 aromatic rings. The Labute approximate surface area is 110 Å². The summed E-state index contributed by atoms with van der Waals surface area (Å²) in [5.74, 6) is -0.490. The van der Waals surface area contributed by atoms with Crippen LogP contribution in [0.15, 0.2) is 18.2 Å². The van der Waals surface area contributed by atoms with Gasteiger partial charge in [-0.25, -0.2) is 4.79 Å². The molecule has 0 aliphatic rings. The van der Waals surface area contributed by atoms with Crippen LogP contribution in [-0.4, -0.2) is 24.7 Å². The van der Waals surface area contributed by atoms with Crippen LogP contribution in [0.25, 0.3) is 0 Å². The lowest BCUT2D eigenvalue weighted by Gasteiger charge is -2.10. The van der Waals surface area contributed by atoms with E-state index in [2.05, 4.69) is 4.74 Å². The molecule has 17 heavy (non-hydrogen) atoms. The van der Waals surface area contributed by atoms with Crippen LogP contribution in [0, 0.1) is 0 Å². The second kappa shape index (κ2) is 6.62. The maximum Gasteiger partial charge on any atom is 0.338 e. The fourth-order valence-corrected chi connectivity index (χ4v) is 1.86. The van der Waals surface area contributed by atoms with Gasteiger partial charge in [0.25, 0.3) is 0 Å². The van der Waals surface area contributed by atoms with E-state index in [1.54, 1.807) is 18.2 Å². The number of carbonyl (C=O) groups excluding carboxylic acids is 2. The van der Waals surface area contributed by atoms with Crippen molar-refractivity contribution in [2.45, 2.75) is 12.3 Å². The highest BCUT2D eigenvalue weighted by atomic mass is 35.5. The standard InChI is InChI=1S/C12H12Cl2O3/c1-17-12(16)10-4-2-3-8(6-13)11(10)5-9(15)7-14/h2-4H,5-7H2,1H3. The molecule has 1 rings (SSSR count). The Bertz CT molecular complexity index is 430. The van der Waals surface area contributed by atoms with E-state index >= 15 is 0 Å². The lowest BCUT2D eigenvalue weighted by atomic mass is 9.97. The zero-order valence-electron chi connectivity index (χ0n) is 9.33. The predicted molar refractivity (Wildman–Crippen MR) is 66.8 cm³/mol. The van der Waals surface area contributed by atoms with Crippen molar-refractivity contribution >= 4 is 35.0 Å². The summed E-state index contributed by atoms with van der Waals surface area (Å²) in [5, 5.41) is 0. The number of ether oxygens (including phenoxy) is 1. The number of rotatable bonds is 5. The van der Waals surface area contributed by atoms with Gasteiger partial charge in [0.05, 0.1) is 18.6 Å². The lowest BCUT2D eigenvalue weighted by molar-refractivity contribution is -0.116. The molecule has 1 aromatic carbocycles. The molecule has 0 N–H and O–H groups in total. The van der Waals surface area contributed by atoms with Crippen LogP contribution in [0.5, 0.6) is 0 Å². The molecular formula is C12H12Cl2O3. The van der Waals surface area contributed by atoms with Crippen LogP contribution in [0.2, 0.25) is 0 Å². The summed E-state index contributed by atoms with van der Waals surface area (Å²) in [5.41, 5.74) is 1.71. The Morgan fingerprint density at radius 3 is 2.53 bits per heavy atom. The van der Waals surface area contributed by atoms with Crippen molar-refractivity contribution in [1.82, 2.24) is 0 Å². The van der Waals surface area contributed by atoms with Gasteiger partial charge < -0.3 is 4.74 Å².